The second-order valence-corrected chi connectivity index (χ2v) is 7.21. The maximum atomic E-state index is 12.8. The Morgan fingerprint density at radius 3 is 2.73 bits per heavy atom. The Morgan fingerprint density at radius 2 is 2.12 bits per heavy atom. The number of aromatic hydroxyl groups is 1. The van der Waals surface area contributed by atoms with E-state index in [0.717, 1.165) is 6.07 Å². The molecule has 0 amide bonds. The highest BCUT2D eigenvalue weighted by atomic mass is 16.6. The topological polar surface area (TPSA) is 139 Å². The van der Waals surface area contributed by atoms with Gasteiger partial charge in [-0.25, -0.2) is 0 Å². The lowest BCUT2D eigenvalue weighted by Crippen LogP contribution is -2.33. The second kappa shape index (κ2) is 5.88. The van der Waals surface area contributed by atoms with Crippen molar-refractivity contribution >= 4 is 11.5 Å². The molecular formula is C18H17N3O5. The lowest BCUT2D eigenvalue weighted by Gasteiger charge is -2.37. The zero-order valence-corrected chi connectivity index (χ0v) is 14.3. The molecular weight excluding hydrogens is 338 g/mol. The fraction of sp³-hybridized carbons (Fsp3) is 0.333. The minimum absolute atomic E-state index is 0.0248. The fourth-order valence-corrected chi connectivity index (χ4v) is 3.48. The summed E-state index contributed by atoms with van der Waals surface area (Å²) < 4.78 is 5.56. The summed E-state index contributed by atoms with van der Waals surface area (Å²) in [6, 6.07) is 5.73. The molecule has 0 bridgehead atoms. The van der Waals surface area contributed by atoms with Crippen molar-refractivity contribution in [2.24, 2.45) is 11.1 Å². The molecule has 1 aliphatic carbocycles. The largest absolute Gasteiger partial charge is 0.502 e. The maximum Gasteiger partial charge on any atom is 0.311 e. The molecule has 1 atom stereocenters. The summed E-state index contributed by atoms with van der Waals surface area (Å²) in [5.74, 6) is -1.25. The monoisotopic (exact) mass is 355 g/mol. The van der Waals surface area contributed by atoms with Gasteiger partial charge in [-0.05, 0) is 17.0 Å². The summed E-state index contributed by atoms with van der Waals surface area (Å²) in [5.41, 5.74) is 5.73. The van der Waals surface area contributed by atoms with Crippen LogP contribution in [-0.4, -0.2) is 15.8 Å². The summed E-state index contributed by atoms with van der Waals surface area (Å²) >= 11 is 0. The number of phenolic OH excluding ortho intramolecular Hbond substituents is 1. The van der Waals surface area contributed by atoms with Gasteiger partial charge in [0.25, 0.3) is 0 Å². The standard InChI is InChI=1S/C18H17N3O5/c1-18(2)6-13(23)16-14(7-18)26-17(20)10(8-19)15(16)9-3-4-12(22)11(5-9)21(24)25/h3-5,15,22H,6-7,20H2,1-2H3. The highest BCUT2D eigenvalue weighted by Gasteiger charge is 2.43. The first kappa shape index (κ1) is 17.5. The van der Waals surface area contributed by atoms with Crippen LogP contribution in [0.3, 0.4) is 0 Å². The van der Waals surface area contributed by atoms with Gasteiger partial charge in [0.2, 0.25) is 5.88 Å². The molecule has 1 heterocycles. The first-order valence-corrected chi connectivity index (χ1v) is 7.96. The van der Waals surface area contributed by atoms with Crippen LogP contribution in [0.2, 0.25) is 0 Å². The highest BCUT2D eigenvalue weighted by Crippen LogP contribution is 2.48. The Kier molecular flexibility index (Phi) is 3.95. The molecule has 1 unspecified atom stereocenters. The van der Waals surface area contributed by atoms with Crippen molar-refractivity contribution in [1.82, 2.24) is 0 Å². The van der Waals surface area contributed by atoms with Crippen LogP contribution in [-0.2, 0) is 9.53 Å². The number of nitrogens with zero attached hydrogens (tertiary/aromatic N) is 2. The molecule has 0 spiro atoms. The Hall–Kier alpha value is -3.34. The fourth-order valence-electron chi connectivity index (χ4n) is 3.48. The Balaban J connectivity index is 2.22. The molecule has 0 saturated heterocycles. The van der Waals surface area contributed by atoms with Crippen molar-refractivity contribution in [2.75, 3.05) is 0 Å². The molecule has 8 nitrogen and oxygen atoms in total. The van der Waals surface area contributed by atoms with E-state index >= 15 is 0 Å². The number of rotatable bonds is 2. The first-order valence-electron chi connectivity index (χ1n) is 7.96. The van der Waals surface area contributed by atoms with E-state index in [-0.39, 0.29) is 29.1 Å². The Morgan fingerprint density at radius 1 is 1.42 bits per heavy atom. The van der Waals surface area contributed by atoms with Crippen LogP contribution in [0.1, 0.15) is 38.2 Å². The van der Waals surface area contributed by atoms with Gasteiger partial charge in [-0.2, -0.15) is 5.26 Å². The number of phenols is 1. The van der Waals surface area contributed by atoms with Gasteiger partial charge in [0.05, 0.1) is 10.8 Å². The molecule has 0 radical (unpaired) electrons. The van der Waals surface area contributed by atoms with Crippen molar-refractivity contribution in [3.8, 4) is 11.8 Å². The molecule has 1 aromatic rings. The number of ketones is 1. The molecule has 0 aromatic heterocycles. The SMILES string of the molecule is CC1(C)CC(=O)C2=C(C1)OC(N)=C(C#N)C2c1ccc(O)c([N+](=O)[O-])c1. The molecule has 0 saturated carbocycles. The van der Waals surface area contributed by atoms with Gasteiger partial charge in [0.1, 0.15) is 17.4 Å². The average molecular weight is 355 g/mol. The van der Waals surface area contributed by atoms with Crippen molar-refractivity contribution in [2.45, 2.75) is 32.6 Å². The van der Waals surface area contributed by atoms with Gasteiger partial charge in [-0.3, -0.25) is 14.9 Å². The highest BCUT2D eigenvalue weighted by molar-refractivity contribution is 6.00. The second-order valence-electron chi connectivity index (χ2n) is 7.21. The minimum atomic E-state index is -0.855. The van der Waals surface area contributed by atoms with Crippen LogP contribution in [0.5, 0.6) is 5.75 Å². The number of nitro groups is 1. The van der Waals surface area contributed by atoms with Gasteiger partial charge in [0, 0.05) is 24.5 Å². The molecule has 3 N–H and O–H groups in total. The van der Waals surface area contributed by atoms with Crippen molar-refractivity contribution in [3.63, 3.8) is 0 Å². The molecule has 8 heteroatoms. The lowest BCUT2D eigenvalue weighted by atomic mass is 9.70. The number of allylic oxidation sites excluding steroid dienone is 3. The molecule has 26 heavy (non-hydrogen) atoms. The van der Waals surface area contributed by atoms with Gasteiger partial charge >= 0.3 is 5.69 Å². The van der Waals surface area contributed by atoms with Crippen molar-refractivity contribution in [3.05, 3.63) is 56.7 Å². The number of nitro benzene ring substituents is 1. The summed E-state index contributed by atoms with van der Waals surface area (Å²) in [4.78, 5) is 23.2. The zero-order chi connectivity index (χ0) is 19.2. The third-order valence-electron chi connectivity index (χ3n) is 4.60. The van der Waals surface area contributed by atoms with E-state index in [9.17, 15) is 25.3 Å². The number of benzene rings is 1. The number of Topliss-reactive ketones (excluding diaryl/α,β-unsaturated/α-hetero) is 1. The van der Waals surface area contributed by atoms with Crippen LogP contribution in [0.25, 0.3) is 0 Å². The maximum absolute atomic E-state index is 12.8. The van der Waals surface area contributed by atoms with Gasteiger partial charge < -0.3 is 15.6 Å². The van der Waals surface area contributed by atoms with Gasteiger partial charge in [-0.15, -0.1) is 0 Å². The number of carbonyl (C=O) groups is 1. The zero-order valence-electron chi connectivity index (χ0n) is 14.3. The summed E-state index contributed by atoms with van der Waals surface area (Å²) in [5, 5.41) is 30.3. The Labute approximate surface area is 149 Å². The predicted molar refractivity (Wildman–Crippen MR) is 90.5 cm³/mol. The number of hydrogen-bond acceptors (Lipinski definition) is 7. The van der Waals surface area contributed by atoms with Crippen molar-refractivity contribution in [1.29, 1.82) is 5.26 Å². The van der Waals surface area contributed by atoms with E-state index in [4.69, 9.17) is 10.5 Å². The molecule has 2 aliphatic rings. The van der Waals surface area contributed by atoms with Gasteiger partial charge in [0.15, 0.2) is 11.5 Å². The quantitative estimate of drug-likeness (QED) is 0.614. The van der Waals surface area contributed by atoms with E-state index in [1.54, 1.807) is 0 Å². The third kappa shape index (κ3) is 2.77. The smallest absolute Gasteiger partial charge is 0.311 e. The molecule has 0 fully saturated rings. The van der Waals surface area contributed by atoms with Crippen LogP contribution in [0, 0.1) is 26.9 Å². The van der Waals surface area contributed by atoms with E-state index in [1.807, 2.05) is 19.9 Å². The predicted octanol–water partition coefficient (Wildman–Crippen LogP) is 2.75. The van der Waals surface area contributed by atoms with E-state index in [0.29, 0.717) is 23.3 Å². The number of carbonyl (C=O) groups excluding carboxylic acids is 1. The average Bonchev–Trinajstić information content (AvgIpc) is 2.52. The molecule has 1 aliphatic heterocycles. The molecule has 134 valence electrons. The van der Waals surface area contributed by atoms with E-state index in [1.165, 1.54) is 12.1 Å². The number of hydrogen-bond donors (Lipinski definition) is 2. The van der Waals surface area contributed by atoms with Crippen LogP contribution in [0.15, 0.2) is 41.0 Å². The number of nitriles is 1. The normalized spacial score (nSPS) is 21.7. The minimum Gasteiger partial charge on any atom is -0.502 e. The van der Waals surface area contributed by atoms with Gasteiger partial charge in [-0.1, -0.05) is 19.9 Å². The number of ether oxygens (including phenoxy) is 1. The first-order chi connectivity index (χ1) is 12.1. The molecule has 3 rings (SSSR count). The van der Waals surface area contributed by atoms with Crippen LogP contribution < -0.4 is 5.73 Å². The van der Waals surface area contributed by atoms with E-state index < -0.39 is 22.3 Å². The summed E-state index contributed by atoms with van der Waals surface area (Å²) in [7, 11) is 0. The third-order valence-corrected chi connectivity index (χ3v) is 4.60. The van der Waals surface area contributed by atoms with E-state index in [2.05, 4.69) is 0 Å². The Bertz CT molecular complexity index is 937. The number of nitrogens with two attached hydrogens (primary N) is 1. The van der Waals surface area contributed by atoms with Crippen molar-refractivity contribution < 1.29 is 19.6 Å². The summed E-state index contributed by atoms with van der Waals surface area (Å²) in [6.07, 6.45) is 0.731. The lowest BCUT2D eigenvalue weighted by molar-refractivity contribution is -0.385. The van der Waals surface area contributed by atoms with Crippen LogP contribution in [0.4, 0.5) is 5.69 Å². The summed E-state index contributed by atoms with van der Waals surface area (Å²) in [6.45, 7) is 3.86. The van der Waals surface area contributed by atoms with Crippen LogP contribution >= 0.6 is 0 Å². The molecule has 1 aromatic carbocycles.